The van der Waals surface area contributed by atoms with Crippen molar-refractivity contribution in [1.82, 2.24) is 10.2 Å². The first-order valence-corrected chi connectivity index (χ1v) is 10.3. The van der Waals surface area contributed by atoms with Gasteiger partial charge in [-0.05, 0) is 50.4 Å². The molecule has 0 saturated carbocycles. The SMILES string of the molecule is CNC(=O)CCC(C=O)N1CCOc2c1ccc(F)c2C1CCN(CC(=O)O)CC1. The third-order valence-corrected chi connectivity index (χ3v) is 5.87. The standard InChI is InChI=1S/C21H28FN3O5/c1-23-18(27)5-2-15(13-26)25-10-11-30-21-17(25)4-3-16(22)20(21)14-6-8-24(9-7-14)12-19(28)29/h3-4,13-15H,2,5-12H2,1H3,(H,23,27)(H,28,29). The maximum Gasteiger partial charge on any atom is 0.317 e. The van der Waals surface area contributed by atoms with Gasteiger partial charge in [-0.25, -0.2) is 4.39 Å². The summed E-state index contributed by atoms with van der Waals surface area (Å²) in [5.74, 6) is -0.967. The molecule has 1 unspecified atom stereocenters. The number of aldehydes is 1. The summed E-state index contributed by atoms with van der Waals surface area (Å²) in [5.41, 5.74) is 1.17. The lowest BCUT2D eigenvalue weighted by molar-refractivity contribution is -0.138. The third kappa shape index (κ3) is 4.89. The highest BCUT2D eigenvalue weighted by molar-refractivity contribution is 5.77. The highest BCUT2D eigenvalue weighted by Crippen LogP contribution is 2.44. The monoisotopic (exact) mass is 421 g/mol. The molecule has 0 spiro atoms. The Bertz CT molecular complexity index is 795. The van der Waals surface area contributed by atoms with Gasteiger partial charge in [-0.15, -0.1) is 0 Å². The highest BCUT2D eigenvalue weighted by Gasteiger charge is 2.33. The van der Waals surface area contributed by atoms with Gasteiger partial charge in [0.25, 0.3) is 0 Å². The molecule has 0 aliphatic carbocycles. The number of piperidine rings is 1. The molecule has 2 N–H and O–H groups in total. The number of carbonyl (C=O) groups excluding carboxylic acids is 2. The maximum absolute atomic E-state index is 14.9. The number of nitrogens with zero attached hydrogens (tertiary/aromatic N) is 2. The second-order valence-electron chi connectivity index (χ2n) is 7.71. The first-order chi connectivity index (χ1) is 14.4. The summed E-state index contributed by atoms with van der Waals surface area (Å²) < 4.78 is 20.7. The van der Waals surface area contributed by atoms with Crippen LogP contribution in [0.3, 0.4) is 0 Å². The quantitative estimate of drug-likeness (QED) is 0.612. The summed E-state index contributed by atoms with van der Waals surface area (Å²) in [7, 11) is 1.55. The van der Waals surface area contributed by atoms with Crippen molar-refractivity contribution in [2.45, 2.75) is 37.6 Å². The number of hydrogen-bond donors (Lipinski definition) is 2. The van der Waals surface area contributed by atoms with Gasteiger partial charge in [0, 0.05) is 19.0 Å². The molecule has 1 fully saturated rings. The number of ether oxygens (including phenoxy) is 1. The van der Waals surface area contributed by atoms with E-state index in [9.17, 15) is 18.8 Å². The molecule has 3 rings (SSSR count). The number of fused-ring (bicyclic) bond motifs is 1. The number of nitrogens with one attached hydrogen (secondary N) is 1. The molecule has 164 valence electrons. The highest BCUT2D eigenvalue weighted by atomic mass is 19.1. The third-order valence-electron chi connectivity index (χ3n) is 5.87. The fourth-order valence-electron chi connectivity index (χ4n) is 4.31. The van der Waals surface area contributed by atoms with Crippen LogP contribution in [0.25, 0.3) is 0 Å². The molecule has 1 amide bonds. The Kier molecular flexibility index (Phi) is 7.25. The Hall–Kier alpha value is -2.68. The summed E-state index contributed by atoms with van der Waals surface area (Å²) in [6.45, 7) is 1.94. The Morgan fingerprint density at radius 2 is 2.07 bits per heavy atom. The van der Waals surface area contributed by atoms with Crippen LogP contribution in [-0.2, 0) is 14.4 Å². The normalized spacial score (nSPS) is 18.3. The smallest absolute Gasteiger partial charge is 0.317 e. The van der Waals surface area contributed by atoms with E-state index in [1.807, 2.05) is 9.80 Å². The van der Waals surface area contributed by atoms with Crippen LogP contribution in [0.5, 0.6) is 5.75 Å². The lowest BCUT2D eigenvalue weighted by atomic mass is 9.87. The Morgan fingerprint density at radius 1 is 1.33 bits per heavy atom. The van der Waals surface area contributed by atoms with Gasteiger partial charge in [-0.3, -0.25) is 14.5 Å². The number of likely N-dealkylation sites (tertiary alicyclic amines) is 1. The van der Waals surface area contributed by atoms with Crippen LogP contribution in [0.4, 0.5) is 10.1 Å². The van der Waals surface area contributed by atoms with Gasteiger partial charge >= 0.3 is 5.97 Å². The van der Waals surface area contributed by atoms with Gasteiger partial charge in [0.05, 0.1) is 24.8 Å². The molecule has 2 heterocycles. The number of halogens is 1. The summed E-state index contributed by atoms with van der Waals surface area (Å²) in [5, 5.41) is 11.5. The fraction of sp³-hybridized carbons (Fsp3) is 0.571. The van der Waals surface area contributed by atoms with Crippen LogP contribution in [0.1, 0.15) is 37.2 Å². The number of rotatable bonds is 8. The molecule has 2 aliphatic rings. The van der Waals surface area contributed by atoms with E-state index >= 15 is 0 Å². The lowest BCUT2D eigenvalue weighted by Crippen LogP contribution is -2.43. The second-order valence-corrected chi connectivity index (χ2v) is 7.71. The number of aliphatic carboxylic acids is 1. The van der Waals surface area contributed by atoms with Gasteiger partial charge in [-0.2, -0.15) is 0 Å². The number of carboxylic acid groups (broad SMARTS) is 1. The summed E-state index contributed by atoms with van der Waals surface area (Å²) in [4.78, 5) is 38.0. The van der Waals surface area contributed by atoms with E-state index in [1.165, 1.54) is 6.07 Å². The molecule has 1 aromatic carbocycles. The molecule has 1 atom stereocenters. The van der Waals surface area contributed by atoms with Crippen LogP contribution < -0.4 is 15.0 Å². The van der Waals surface area contributed by atoms with Crippen molar-refractivity contribution in [2.75, 3.05) is 44.7 Å². The lowest BCUT2D eigenvalue weighted by Gasteiger charge is -2.38. The molecule has 0 aromatic heterocycles. The van der Waals surface area contributed by atoms with E-state index in [0.717, 1.165) is 6.29 Å². The number of amides is 1. The van der Waals surface area contributed by atoms with Gasteiger partial charge in [0.15, 0.2) is 0 Å². The van der Waals surface area contributed by atoms with E-state index in [-0.39, 0.29) is 30.6 Å². The number of carbonyl (C=O) groups is 3. The van der Waals surface area contributed by atoms with Crippen molar-refractivity contribution in [3.63, 3.8) is 0 Å². The molecular formula is C21H28FN3O5. The first-order valence-electron chi connectivity index (χ1n) is 10.3. The van der Waals surface area contributed by atoms with E-state index in [2.05, 4.69) is 5.32 Å². The molecule has 8 nitrogen and oxygen atoms in total. The number of hydrogen-bond acceptors (Lipinski definition) is 6. The van der Waals surface area contributed by atoms with Crippen molar-refractivity contribution < 1.29 is 28.6 Å². The zero-order valence-electron chi connectivity index (χ0n) is 17.1. The molecule has 2 aliphatic heterocycles. The van der Waals surface area contributed by atoms with Crippen LogP contribution in [0.2, 0.25) is 0 Å². The van der Waals surface area contributed by atoms with Crippen molar-refractivity contribution >= 4 is 23.9 Å². The van der Waals surface area contributed by atoms with Crippen molar-refractivity contribution in [2.24, 2.45) is 0 Å². The largest absolute Gasteiger partial charge is 0.489 e. The van der Waals surface area contributed by atoms with Crippen LogP contribution in [0, 0.1) is 5.82 Å². The molecule has 1 aromatic rings. The van der Waals surface area contributed by atoms with Crippen molar-refractivity contribution in [3.8, 4) is 5.75 Å². The first kappa shape index (κ1) is 22.0. The zero-order valence-corrected chi connectivity index (χ0v) is 17.1. The second kappa shape index (κ2) is 9.88. The maximum atomic E-state index is 14.9. The Labute approximate surface area is 175 Å². The minimum atomic E-state index is -0.868. The van der Waals surface area contributed by atoms with Crippen LogP contribution in [0.15, 0.2) is 12.1 Å². The van der Waals surface area contributed by atoms with Crippen molar-refractivity contribution in [3.05, 3.63) is 23.5 Å². The molecule has 9 heteroatoms. The zero-order chi connectivity index (χ0) is 21.7. The van der Waals surface area contributed by atoms with Gasteiger partial charge in [0.2, 0.25) is 5.91 Å². The average molecular weight is 421 g/mol. The van der Waals surface area contributed by atoms with Crippen LogP contribution >= 0.6 is 0 Å². The van der Waals surface area contributed by atoms with Crippen molar-refractivity contribution in [1.29, 1.82) is 0 Å². The van der Waals surface area contributed by atoms with Gasteiger partial charge in [0.1, 0.15) is 24.5 Å². The van der Waals surface area contributed by atoms with Gasteiger partial charge in [-0.1, -0.05) is 0 Å². The summed E-state index contributed by atoms with van der Waals surface area (Å²) in [6, 6.07) is 2.53. The van der Waals surface area contributed by atoms with Crippen LogP contribution in [-0.4, -0.2) is 74.0 Å². The number of benzene rings is 1. The summed E-state index contributed by atoms with van der Waals surface area (Å²) >= 11 is 0. The Morgan fingerprint density at radius 3 is 2.70 bits per heavy atom. The molecule has 0 radical (unpaired) electrons. The predicted molar refractivity (Wildman–Crippen MR) is 108 cm³/mol. The number of anilines is 1. The average Bonchev–Trinajstić information content (AvgIpc) is 2.74. The van der Waals surface area contributed by atoms with Gasteiger partial charge < -0.3 is 24.9 Å². The van der Waals surface area contributed by atoms with E-state index in [0.29, 0.717) is 62.5 Å². The topological polar surface area (TPSA) is 99.2 Å². The molecule has 0 bridgehead atoms. The predicted octanol–water partition coefficient (Wildman–Crippen LogP) is 1.38. The Balaban J connectivity index is 1.81. The minimum absolute atomic E-state index is 0.0151. The van der Waals surface area contributed by atoms with E-state index in [4.69, 9.17) is 9.84 Å². The molecular weight excluding hydrogens is 393 g/mol. The number of carboxylic acids is 1. The minimum Gasteiger partial charge on any atom is -0.489 e. The van der Waals surface area contributed by atoms with E-state index < -0.39 is 12.0 Å². The molecule has 30 heavy (non-hydrogen) atoms. The summed E-state index contributed by atoms with van der Waals surface area (Å²) in [6.07, 6.45) is 2.69. The fourth-order valence-corrected chi connectivity index (χ4v) is 4.31. The molecule has 1 saturated heterocycles. The van der Waals surface area contributed by atoms with E-state index in [1.54, 1.807) is 13.1 Å².